The predicted octanol–water partition coefficient (Wildman–Crippen LogP) is 3.41. The van der Waals surface area contributed by atoms with E-state index < -0.39 is 131 Å². The lowest BCUT2D eigenvalue weighted by atomic mass is 9.87. The molecule has 4 aromatic heterocycles. The van der Waals surface area contributed by atoms with Crippen LogP contribution in [0.4, 0.5) is 62.7 Å². The first kappa shape index (κ1) is 45.9. The van der Waals surface area contributed by atoms with Crippen molar-refractivity contribution in [2.45, 2.75) is 75.2 Å². The van der Waals surface area contributed by atoms with E-state index in [1.807, 2.05) is 0 Å². The Morgan fingerprint density at radius 1 is 0.773 bits per heavy atom. The number of halogens is 9. The van der Waals surface area contributed by atoms with Crippen LogP contribution in [-0.2, 0) is 55.7 Å². The molecule has 0 bridgehead atoms. The highest BCUT2D eigenvalue weighted by atomic mass is 19.4. The van der Waals surface area contributed by atoms with Crippen LogP contribution in [0, 0.1) is 24.4 Å². The highest BCUT2D eigenvalue weighted by Gasteiger charge is 2.56. The van der Waals surface area contributed by atoms with Gasteiger partial charge < -0.3 is 25.0 Å². The summed E-state index contributed by atoms with van der Waals surface area (Å²) in [6.07, 6.45) is -17.9. The maximum Gasteiger partial charge on any atom is 0.416 e. The molecule has 3 aliphatic rings. The minimum absolute atomic E-state index is 0.0270. The van der Waals surface area contributed by atoms with Crippen LogP contribution in [0.5, 0.6) is 0 Å². The van der Waals surface area contributed by atoms with Crippen molar-refractivity contribution in [2.75, 3.05) is 33.7 Å². The number of benzene rings is 1. The Kier molecular flexibility index (Phi) is 11.3. The molecule has 1 aliphatic carbocycles. The number of aryl methyl sites for hydroxylation is 2. The number of fused-ring (bicyclic) bond motifs is 2. The van der Waals surface area contributed by atoms with Crippen LogP contribution in [-0.4, -0.2) is 109 Å². The molecule has 6 unspecified atom stereocenters. The summed E-state index contributed by atoms with van der Waals surface area (Å²) in [7, 11) is 2.03. The van der Waals surface area contributed by atoms with Crippen LogP contribution in [0.1, 0.15) is 33.6 Å². The molecular weight excluding hydrogens is 903 g/mol. The van der Waals surface area contributed by atoms with E-state index in [-0.39, 0.29) is 40.0 Å². The highest BCUT2D eigenvalue weighted by Crippen LogP contribution is 2.39. The largest absolute Gasteiger partial charge is 0.416 e. The SMILES string of the molecule is Cc1cc(C(F)(F)F)cc(N2C(=O)C(O)C(OCc3cc(C(F)(F)F)cc(N4C(=O)C(O)C(O)C4C(=O)N(C)c4cc5c(c(F)c4F)CC5)n3)C2C(=O)N(C)c2ccc3c(F)ccn3n2)n1. The summed E-state index contributed by atoms with van der Waals surface area (Å²) in [6, 6.07) is 1.81. The minimum Gasteiger partial charge on any atom is -0.387 e. The molecule has 0 radical (unpaired) electrons. The summed E-state index contributed by atoms with van der Waals surface area (Å²) in [5.41, 5.74) is -4.25. The number of ether oxygens (including phenoxy) is 1. The second kappa shape index (κ2) is 16.3. The average Bonchev–Trinajstić information content (AvgIpc) is 3.83. The van der Waals surface area contributed by atoms with Gasteiger partial charge in [0.25, 0.3) is 23.6 Å². The molecule has 16 nitrogen and oxygen atoms in total. The van der Waals surface area contributed by atoms with E-state index in [0.29, 0.717) is 40.0 Å². The molecule has 25 heteroatoms. The van der Waals surface area contributed by atoms with E-state index in [0.717, 1.165) is 42.6 Å². The zero-order chi connectivity index (χ0) is 48.1. The van der Waals surface area contributed by atoms with Gasteiger partial charge in [-0.15, -0.1) is 5.10 Å². The molecule has 2 aliphatic heterocycles. The lowest BCUT2D eigenvalue weighted by molar-refractivity contribution is -0.138. The number of likely N-dealkylation sites (N-methyl/N-ethyl adjacent to an activating group) is 2. The van der Waals surface area contributed by atoms with Gasteiger partial charge in [-0.2, -0.15) is 26.3 Å². The van der Waals surface area contributed by atoms with E-state index >= 15 is 4.39 Å². The summed E-state index contributed by atoms with van der Waals surface area (Å²) < 4.78 is 137. The molecule has 6 atom stereocenters. The number of nitrogens with zero attached hydrogens (tertiary/aromatic N) is 8. The third-order valence-electron chi connectivity index (χ3n) is 11.5. The zero-order valence-electron chi connectivity index (χ0n) is 34.1. The van der Waals surface area contributed by atoms with Crippen molar-refractivity contribution in [3.8, 4) is 0 Å². The van der Waals surface area contributed by atoms with Gasteiger partial charge >= 0.3 is 12.4 Å². The number of aromatic nitrogens is 4. The Bertz CT molecular complexity index is 2840. The van der Waals surface area contributed by atoms with E-state index in [1.165, 1.54) is 18.3 Å². The van der Waals surface area contributed by atoms with Crippen molar-refractivity contribution in [3.63, 3.8) is 0 Å². The van der Waals surface area contributed by atoms with E-state index in [4.69, 9.17) is 4.74 Å². The first-order chi connectivity index (χ1) is 30.9. The number of rotatable bonds is 9. The van der Waals surface area contributed by atoms with Crippen LogP contribution in [0.2, 0.25) is 0 Å². The number of anilines is 4. The van der Waals surface area contributed by atoms with E-state index in [9.17, 15) is 69.6 Å². The monoisotopic (exact) mass is 936 g/mol. The second-order valence-corrected chi connectivity index (χ2v) is 15.7. The van der Waals surface area contributed by atoms with Crippen molar-refractivity contribution in [1.82, 2.24) is 19.6 Å². The van der Waals surface area contributed by atoms with Gasteiger partial charge in [0.1, 0.15) is 47.3 Å². The molecule has 8 rings (SSSR count). The zero-order valence-corrected chi connectivity index (χ0v) is 34.1. The van der Waals surface area contributed by atoms with Crippen molar-refractivity contribution in [1.29, 1.82) is 0 Å². The Labute approximate surface area is 365 Å². The molecule has 0 spiro atoms. The normalized spacial score (nSPS) is 22.0. The molecule has 66 heavy (non-hydrogen) atoms. The quantitative estimate of drug-likeness (QED) is 0.184. The van der Waals surface area contributed by atoms with Crippen LogP contribution in [0.15, 0.2) is 54.7 Å². The van der Waals surface area contributed by atoms with Crippen molar-refractivity contribution < 1.29 is 78.7 Å². The molecule has 6 heterocycles. The predicted molar refractivity (Wildman–Crippen MR) is 208 cm³/mol. The lowest BCUT2D eigenvalue weighted by Crippen LogP contribution is -2.51. The van der Waals surface area contributed by atoms with Gasteiger partial charge in [0.2, 0.25) is 0 Å². The van der Waals surface area contributed by atoms with Crippen LogP contribution in [0.25, 0.3) is 5.52 Å². The molecule has 2 fully saturated rings. The number of hydrogen-bond donors (Lipinski definition) is 3. The fraction of sp³-hybridized carbons (Fsp3) is 0.341. The molecule has 2 saturated heterocycles. The fourth-order valence-electron chi connectivity index (χ4n) is 8.02. The Morgan fingerprint density at radius 2 is 1.38 bits per heavy atom. The molecule has 1 aromatic carbocycles. The lowest BCUT2D eigenvalue weighted by Gasteiger charge is -2.31. The maximum atomic E-state index is 15.2. The number of alkyl halides is 6. The molecule has 5 aromatic rings. The third-order valence-corrected chi connectivity index (χ3v) is 11.5. The molecule has 348 valence electrons. The first-order valence-corrected chi connectivity index (χ1v) is 19.5. The number of aliphatic hydroxyl groups is 3. The summed E-state index contributed by atoms with van der Waals surface area (Å²) in [6.45, 7) is -0.0392. The van der Waals surface area contributed by atoms with Gasteiger partial charge in [-0.05, 0) is 79.4 Å². The van der Waals surface area contributed by atoms with Gasteiger partial charge in [0, 0.05) is 26.0 Å². The van der Waals surface area contributed by atoms with Gasteiger partial charge in [0.15, 0.2) is 29.7 Å². The standard InChI is InChI=1S/C41H33F9N8O8/c1-16-10-18(40(45,46)47)13-26(51-16)58-31(37(63)55(3)25-7-6-23-22(42)8-9-56(23)53-25)35(34(61)39(58)65)66-15-20-12-19(41(48,49)50)14-27(52-20)57-30(32(59)33(60)38(57)64)36(62)54(2)24-11-17-4-5-21(17)28(43)29(24)44/h6-14,30-35,59-61H,4-5,15H2,1-3H3. The fourth-order valence-corrected chi connectivity index (χ4v) is 8.02. The first-order valence-electron chi connectivity index (χ1n) is 19.5. The maximum absolute atomic E-state index is 15.2. The van der Waals surface area contributed by atoms with Crippen LogP contribution >= 0.6 is 0 Å². The topological polar surface area (TPSA) is 194 Å². The van der Waals surface area contributed by atoms with Crippen LogP contribution in [0.3, 0.4) is 0 Å². The van der Waals surface area contributed by atoms with Gasteiger partial charge in [-0.3, -0.25) is 33.9 Å². The Balaban J connectivity index is 1.16. The third kappa shape index (κ3) is 7.73. The van der Waals surface area contributed by atoms with Gasteiger partial charge in [0.05, 0.1) is 29.1 Å². The van der Waals surface area contributed by atoms with E-state index in [2.05, 4.69) is 15.1 Å². The number of pyridine rings is 2. The summed E-state index contributed by atoms with van der Waals surface area (Å²) in [5, 5.41) is 37.0. The average molecular weight is 937 g/mol. The summed E-state index contributed by atoms with van der Waals surface area (Å²) in [5.74, 6) is -11.1. The molecule has 3 N–H and O–H groups in total. The highest BCUT2D eigenvalue weighted by molar-refractivity contribution is 6.11. The number of carbonyl (C=O) groups is 4. The molecule has 0 saturated carbocycles. The Hall–Kier alpha value is -6.70. The smallest absolute Gasteiger partial charge is 0.387 e. The Morgan fingerprint density at radius 3 is 2.02 bits per heavy atom. The molecular formula is C41H33F9N8O8. The van der Waals surface area contributed by atoms with Crippen molar-refractivity contribution >= 4 is 52.3 Å². The number of aliphatic hydroxyl groups excluding tert-OH is 3. The van der Waals surface area contributed by atoms with Crippen molar-refractivity contribution in [3.05, 3.63) is 106 Å². The number of amides is 4. The van der Waals surface area contributed by atoms with Gasteiger partial charge in [-0.25, -0.2) is 27.7 Å². The van der Waals surface area contributed by atoms with E-state index in [1.54, 1.807) is 0 Å². The summed E-state index contributed by atoms with van der Waals surface area (Å²) >= 11 is 0. The number of carbonyl (C=O) groups excluding carboxylic acids is 4. The van der Waals surface area contributed by atoms with Crippen molar-refractivity contribution in [2.24, 2.45) is 0 Å². The van der Waals surface area contributed by atoms with Gasteiger partial charge in [-0.1, -0.05) is 0 Å². The number of hydrogen-bond acceptors (Lipinski definition) is 11. The minimum atomic E-state index is -5.26. The summed E-state index contributed by atoms with van der Waals surface area (Å²) in [4.78, 5) is 65.5. The molecule has 4 amide bonds. The second-order valence-electron chi connectivity index (χ2n) is 15.7. The van der Waals surface area contributed by atoms with Crippen LogP contribution < -0.4 is 19.6 Å².